The third kappa shape index (κ3) is 2.25. The number of methoxy groups -OCH3 is 2. The van der Waals surface area contributed by atoms with E-state index in [-0.39, 0.29) is 10.9 Å². The zero-order valence-electron chi connectivity index (χ0n) is 13.6. The molecule has 4 rings (SSSR count). The summed E-state index contributed by atoms with van der Waals surface area (Å²) in [6.45, 7) is 0. The Balaban J connectivity index is 2.03. The number of halogens is 1. The molecule has 1 aromatic carbocycles. The van der Waals surface area contributed by atoms with Crippen molar-refractivity contribution in [2.45, 2.75) is 12.8 Å². The monoisotopic (exact) mass is 359 g/mol. The number of nitrogens with one attached hydrogen (secondary N) is 1. The lowest BCUT2D eigenvalue weighted by Gasteiger charge is -2.21. The van der Waals surface area contributed by atoms with Crippen LogP contribution in [-0.2, 0) is 12.8 Å². The third-order valence-electron chi connectivity index (χ3n) is 4.57. The van der Waals surface area contributed by atoms with Crippen molar-refractivity contribution >= 4 is 27.8 Å². The molecule has 128 valence electrons. The molecule has 0 aliphatic heterocycles. The number of carbonyl (C=O) groups is 1. The van der Waals surface area contributed by atoms with Crippen LogP contribution < -0.4 is 15.0 Å². The van der Waals surface area contributed by atoms with E-state index in [1.807, 2.05) is 12.1 Å². The van der Waals surface area contributed by atoms with Crippen molar-refractivity contribution in [1.29, 1.82) is 0 Å². The summed E-state index contributed by atoms with van der Waals surface area (Å²) in [7, 11) is 3.14. The van der Waals surface area contributed by atoms with Gasteiger partial charge in [-0.1, -0.05) is 0 Å². The third-order valence-corrected chi connectivity index (χ3v) is 4.77. The van der Waals surface area contributed by atoms with E-state index in [9.17, 15) is 9.59 Å². The quantitative estimate of drug-likeness (QED) is 0.726. The predicted molar refractivity (Wildman–Crippen MR) is 93.0 cm³/mol. The molecule has 0 saturated carbocycles. The Morgan fingerprint density at radius 1 is 1.20 bits per heavy atom. The maximum atomic E-state index is 12.5. The summed E-state index contributed by atoms with van der Waals surface area (Å²) in [6, 6.07) is 3.75. The van der Waals surface area contributed by atoms with Crippen LogP contribution >= 0.6 is 11.6 Å². The molecule has 6 nitrogen and oxygen atoms in total. The molecule has 7 heteroatoms. The van der Waals surface area contributed by atoms with Crippen LogP contribution in [-0.4, -0.2) is 24.4 Å². The topological polar surface area (TPSA) is 81.5 Å². The number of fused-ring (bicyclic) bond motifs is 5. The fourth-order valence-corrected chi connectivity index (χ4v) is 3.54. The number of hydrogen-bond donors (Lipinski definition) is 1. The first-order valence-corrected chi connectivity index (χ1v) is 8.04. The summed E-state index contributed by atoms with van der Waals surface area (Å²) in [5.41, 5.74) is 3.49. The van der Waals surface area contributed by atoms with Gasteiger partial charge in [-0.05, 0) is 42.1 Å². The van der Waals surface area contributed by atoms with Crippen molar-refractivity contribution in [3.05, 3.63) is 45.4 Å². The van der Waals surface area contributed by atoms with Crippen LogP contribution in [0.15, 0.2) is 27.6 Å². The largest absolute Gasteiger partial charge is 0.493 e. The second-order valence-electron chi connectivity index (χ2n) is 5.80. The molecule has 0 fully saturated rings. The zero-order chi connectivity index (χ0) is 17.7. The van der Waals surface area contributed by atoms with E-state index < -0.39 is 10.8 Å². The molecule has 0 atom stereocenters. The lowest BCUT2D eigenvalue weighted by Crippen LogP contribution is -2.15. The number of aromatic nitrogens is 1. The molecule has 0 amide bonds. The minimum Gasteiger partial charge on any atom is -0.493 e. The van der Waals surface area contributed by atoms with Crippen LogP contribution in [0, 0.1) is 0 Å². The van der Waals surface area contributed by atoms with Gasteiger partial charge < -0.3 is 18.9 Å². The van der Waals surface area contributed by atoms with Crippen LogP contribution in [0.2, 0.25) is 0 Å². The number of hydrogen-bond acceptors (Lipinski definition) is 5. The van der Waals surface area contributed by atoms with Gasteiger partial charge in [0.1, 0.15) is 11.8 Å². The van der Waals surface area contributed by atoms with Gasteiger partial charge in [-0.3, -0.25) is 9.59 Å². The van der Waals surface area contributed by atoms with Crippen LogP contribution in [0.1, 0.15) is 21.5 Å². The van der Waals surface area contributed by atoms with E-state index in [0.717, 1.165) is 23.1 Å². The first-order valence-electron chi connectivity index (χ1n) is 7.66. The molecule has 0 saturated heterocycles. The molecule has 3 aromatic rings. The number of carbonyl (C=O) groups excluding carboxylic acids is 1. The van der Waals surface area contributed by atoms with Gasteiger partial charge >= 0.3 is 0 Å². The number of H-pyrrole nitrogens is 1. The fourth-order valence-electron chi connectivity index (χ4n) is 3.40. The van der Waals surface area contributed by atoms with Crippen LogP contribution in [0.3, 0.4) is 0 Å². The molecule has 0 spiro atoms. The number of rotatable bonds is 3. The lowest BCUT2D eigenvalue weighted by atomic mass is 9.87. The van der Waals surface area contributed by atoms with Gasteiger partial charge in [-0.2, -0.15) is 0 Å². The highest BCUT2D eigenvalue weighted by molar-refractivity contribution is 6.68. The predicted octanol–water partition coefficient (Wildman–Crippen LogP) is 3.28. The molecule has 25 heavy (non-hydrogen) atoms. The normalized spacial score (nSPS) is 12.6. The van der Waals surface area contributed by atoms with Gasteiger partial charge in [0.05, 0.1) is 30.9 Å². The van der Waals surface area contributed by atoms with Gasteiger partial charge in [0.25, 0.3) is 10.8 Å². The Kier molecular flexibility index (Phi) is 3.58. The second-order valence-corrected chi connectivity index (χ2v) is 6.14. The lowest BCUT2D eigenvalue weighted by molar-refractivity contribution is 0.108. The van der Waals surface area contributed by atoms with E-state index in [2.05, 4.69) is 4.98 Å². The van der Waals surface area contributed by atoms with Gasteiger partial charge in [-0.15, -0.1) is 0 Å². The molecule has 1 N–H and O–H groups in total. The summed E-state index contributed by atoms with van der Waals surface area (Å²) in [5, 5.41) is -0.519. The minimum atomic E-state index is -0.716. The Labute approximate surface area is 147 Å². The van der Waals surface area contributed by atoms with E-state index in [1.54, 1.807) is 14.2 Å². The highest BCUT2D eigenvalue weighted by Crippen LogP contribution is 2.41. The Bertz CT molecular complexity index is 1080. The number of pyridine rings is 1. The molecular formula is C18H14ClNO5. The van der Waals surface area contributed by atoms with Crippen LogP contribution in [0.4, 0.5) is 0 Å². The standard InChI is InChI=1S/C18H14ClNO5/c1-23-12-5-8-3-4-9-15(10(8)6-13(12)24-2)20-18(22)14-11(17(19)21)7-25-16(9)14/h5-7H,3-4H2,1-2H3,(H,20,22). The van der Waals surface area contributed by atoms with Crippen molar-refractivity contribution in [2.24, 2.45) is 0 Å². The Morgan fingerprint density at radius 3 is 2.60 bits per heavy atom. The average molecular weight is 360 g/mol. The first kappa shape index (κ1) is 15.8. The van der Waals surface area contributed by atoms with Crippen molar-refractivity contribution in [1.82, 2.24) is 4.98 Å². The van der Waals surface area contributed by atoms with E-state index >= 15 is 0 Å². The fraction of sp³-hybridized carbons (Fsp3) is 0.222. The maximum absolute atomic E-state index is 12.5. The van der Waals surface area contributed by atoms with Crippen molar-refractivity contribution < 1.29 is 18.7 Å². The number of aromatic amines is 1. The van der Waals surface area contributed by atoms with Gasteiger partial charge in [0, 0.05) is 11.1 Å². The second kappa shape index (κ2) is 5.67. The molecule has 2 aromatic heterocycles. The average Bonchev–Trinajstić information content (AvgIpc) is 3.06. The van der Waals surface area contributed by atoms with Gasteiger partial charge in [0.15, 0.2) is 11.5 Å². The van der Waals surface area contributed by atoms with E-state index in [4.69, 9.17) is 25.5 Å². The van der Waals surface area contributed by atoms with Crippen molar-refractivity contribution in [2.75, 3.05) is 14.2 Å². The molecule has 2 heterocycles. The molecule has 1 aliphatic rings. The SMILES string of the molecule is COc1cc2c(cc1OC)-c1[nH]c(=O)c3c(C(=O)Cl)coc3c1CC2. The zero-order valence-corrected chi connectivity index (χ0v) is 14.3. The van der Waals surface area contributed by atoms with Crippen molar-refractivity contribution in [3.63, 3.8) is 0 Å². The number of benzene rings is 1. The smallest absolute Gasteiger partial charge is 0.260 e. The Morgan fingerprint density at radius 2 is 1.92 bits per heavy atom. The van der Waals surface area contributed by atoms with Gasteiger partial charge in [0.2, 0.25) is 0 Å². The molecule has 0 bridgehead atoms. The van der Waals surface area contributed by atoms with E-state index in [1.165, 1.54) is 6.26 Å². The Hall–Kier alpha value is -2.73. The van der Waals surface area contributed by atoms with Crippen molar-refractivity contribution in [3.8, 4) is 22.8 Å². The number of furan rings is 1. The van der Waals surface area contributed by atoms with Crippen LogP contribution in [0.25, 0.3) is 22.2 Å². The highest BCUT2D eigenvalue weighted by Gasteiger charge is 2.26. The number of ether oxygens (including phenoxy) is 2. The number of aryl methyl sites for hydroxylation is 2. The van der Waals surface area contributed by atoms with Crippen LogP contribution in [0.5, 0.6) is 11.5 Å². The van der Waals surface area contributed by atoms with E-state index in [0.29, 0.717) is 29.2 Å². The summed E-state index contributed by atoms with van der Waals surface area (Å²) >= 11 is 5.55. The summed E-state index contributed by atoms with van der Waals surface area (Å²) in [4.78, 5) is 26.9. The molecular weight excluding hydrogens is 346 g/mol. The first-order chi connectivity index (χ1) is 12.0. The maximum Gasteiger partial charge on any atom is 0.260 e. The molecule has 1 aliphatic carbocycles. The minimum absolute atomic E-state index is 0.0822. The van der Waals surface area contributed by atoms with Gasteiger partial charge in [-0.25, -0.2) is 0 Å². The summed E-state index contributed by atoms with van der Waals surface area (Å²) in [6.07, 6.45) is 2.64. The highest BCUT2D eigenvalue weighted by atomic mass is 35.5. The summed E-state index contributed by atoms with van der Waals surface area (Å²) in [5.74, 6) is 1.22. The summed E-state index contributed by atoms with van der Waals surface area (Å²) < 4.78 is 16.2. The molecule has 0 unspecified atom stereocenters. The molecule has 0 radical (unpaired) electrons.